The van der Waals surface area contributed by atoms with Gasteiger partial charge in [-0.15, -0.1) is 0 Å². The van der Waals surface area contributed by atoms with Crippen LogP contribution < -0.4 is 5.73 Å². The first-order valence-corrected chi connectivity index (χ1v) is 6.23. The molecule has 0 aromatic heterocycles. The lowest BCUT2D eigenvalue weighted by atomic mass is 10.1. The van der Waals surface area contributed by atoms with E-state index in [-0.39, 0.29) is 23.7 Å². The summed E-state index contributed by atoms with van der Waals surface area (Å²) in [4.78, 5) is 13.6. The molecule has 1 unspecified atom stereocenters. The van der Waals surface area contributed by atoms with Crippen LogP contribution in [0.5, 0.6) is 0 Å². The fourth-order valence-electron chi connectivity index (χ4n) is 2.37. The number of likely N-dealkylation sites (tertiary alicyclic amines) is 1. The number of carbonyl (C=O) groups excluding carboxylic acids is 1. The quantitative estimate of drug-likeness (QED) is 0.379. The van der Waals surface area contributed by atoms with Gasteiger partial charge in [0.1, 0.15) is 11.6 Å². The molecule has 0 radical (unpaired) electrons. The van der Waals surface area contributed by atoms with Crippen LogP contribution in [-0.2, 0) is 11.2 Å². The Kier molecular flexibility index (Phi) is 4.16. The Morgan fingerprint density at radius 2 is 2.25 bits per heavy atom. The van der Waals surface area contributed by atoms with E-state index in [0.29, 0.717) is 13.0 Å². The SMILES string of the molecule is N/C(=N/O)C1CCCN1C(=O)Cc1ccc(F)cc1F. The molecule has 1 aromatic rings. The van der Waals surface area contributed by atoms with Crippen molar-refractivity contribution in [3.8, 4) is 0 Å². The topological polar surface area (TPSA) is 78.9 Å². The Labute approximate surface area is 114 Å². The van der Waals surface area contributed by atoms with E-state index in [0.717, 1.165) is 18.6 Å². The molecule has 2 rings (SSSR count). The van der Waals surface area contributed by atoms with Gasteiger partial charge in [-0.2, -0.15) is 0 Å². The zero-order valence-corrected chi connectivity index (χ0v) is 10.7. The average molecular weight is 283 g/mol. The highest BCUT2D eigenvalue weighted by molar-refractivity contribution is 5.91. The molecule has 0 aliphatic carbocycles. The second-order valence-corrected chi connectivity index (χ2v) is 4.68. The minimum atomic E-state index is -0.752. The summed E-state index contributed by atoms with van der Waals surface area (Å²) >= 11 is 0. The highest BCUT2D eigenvalue weighted by Crippen LogP contribution is 2.20. The van der Waals surface area contributed by atoms with Crippen molar-refractivity contribution in [1.82, 2.24) is 4.90 Å². The number of carbonyl (C=O) groups is 1. The molecule has 20 heavy (non-hydrogen) atoms. The van der Waals surface area contributed by atoms with Crippen LogP contribution in [0, 0.1) is 11.6 Å². The van der Waals surface area contributed by atoms with Crippen LogP contribution in [0.3, 0.4) is 0 Å². The van der Waals surface area contributed by atoms with Crippen molar-refractivity contribution in [2.75, 3.05) is 6.54 Å². The van der Waals surface area contributed by atoms with Gasteiger partial charge in [0.2, 0.25) is 5.91 Å². The molecule has 1 aliphatic rings. The third-order valence-corrected chi connectivity index (χ3v) is 3.39. The van der Waals surface area contributed by atoms with Gasteiger partial charge in [-0.05, 0) is 24.5 Å². The number of nitrogens with two attached hydrogens (primary N) is 1. The summed E-state index contributed by atoms with van der Waals surface area (Å²) < 4.78 is 26.3. The molecule has 1 aliphatic heterocycles. The maximum absolute atomic E-state index is 13.5. The van der Waals surface area contributed by atoms with E-state index in [9.17, 15) is 13.6 Å². The van der Waals surface area contributed by atoms with Gasteiger partial charge in [-0.1, -0.05) is 11.2 Å². The fraction of sp³-hybridized carbons (Fsp3) is 0.385. The van der Waals surface area contributed by atoms with E-state index in [1.807, 2.05) is 0 Å². The first kappa shape index (κ1) is 14.2. The fourth-order valence-corrected chi connectivity index (χ4v) is 2.37. The minimum Gasteiger partial charge on any atom is -0.409 e. The minimum absolute atomic E-state index is 0.0320. The number of amidine groups is 1. The smallest absolute Gasteiger partial charge is 0.227 e. The Morgan fingerprint density at radius 3 is 2.90 bits per heavy atom. The number of halogens is 2. The molecule has 1 saturated heterocycles. The van der Waals surface area contributed by atoms with Gasteiger partial charge in [0.25, 0.3) is 0 Å². The first-order chi connectivity index (χ1) is 9.52. The molecule has 0 bridgehead atoms. The van der Waals surface area contributed by atoms with Gasteiger partial charge in [0, 0.05) is 12.6 Å². The summed E-state index contributed by atoms with van der Waals surface area (Å²) in [6.45, 7) is 0.475. The maximum Gasteiger partial charge on any atom is 0.227 e. The molecular formula is C13H15F2N3O2. The van der Waals surface area contributed by atoms with Crippen molar-refractivity contribution < 1.29 is 18.8 Å². The summed E-state index contributed by atoms with van der Waals surface area (Å²) in [5, 5.41) is 11.6. The van der Waals surface area contributed by atoms with Crippen LogP contribution in [0.15, 0.2) is 23.4 Å². The zero-order valence-electron chi connectivity index (χ0n) is 10.7. The molecule has 1 amide bonds. The van der Waals surface area contributed by atoms with Crippen molar-refractivity contribution in [2.45, 2.75) is 25.3 Å². The number of nitrogens with zero attached hydrogens (tertiary/aromatic N) is 2. The highest BCUT2D eigenvalue weighted by Gasteiger charge is 2.31. The van der Waals surface area contributed by atoms with E-state index in [2.05, 4.69) is 5.16 Å². The van der Waals surface area contributed by atoms with Crippen molar-refractivity contribution in [3.63, 3.8) is 0 Å². The van der Waals surface area contributed by atoms with Gasteiger partial charge < -0.3 is 15.8 Å². The van der Waals surface area contributed by atoms with E-state index >= 15 is 0 Å². The first-order valence-electron chi connectivity index (χ1n) is 6.23. The predicted molar refractivity (Wildman–Crippen MR) is 68.2 cm³/mol. The molecular weight excluding hydrogens is 268 g/mol. The Bertz CT molecular complexity index is 548. The van der Waals surface area contributed by atoms with Crippen molar-refractivity contribution in [1.29, 1.82) is 0 Å². The Hall–Kier alpha value is -2.18. The second kappa shape index (κ2) is 5.85. The van der Waals surface area contributed by atoms with Gasteiger partial charge in [-0.3, -0.25) is 4.79 Å². The summed E-state index contributed by atoms with van der Waals surface area (Å²) in [5.41, 5.74) is 5.66. The molecule has 108 valence electrons. The number of hydrogen-bond acceptors (Lipinski definition) is 3. The number of amides is 1. The van der Waals surface area contributed by atoms with Crippen LogP contribution in [0.2, 0.25) is 0 Å². The number of hydrogen-bond donors (Lipinski definition) is 2. The third-order valence-electron chi connectivity index (χ3n) is 3.39. The second-order valence-electron chi connectivity index (χ2n) is 4.68. The summed E-state index contributed by atoms with van der Waals surface area (Å²) in [6.07, 6.45) is 1.16. The van der Waals surface area contributed by atoms with E-state index < -0.39 is 17.7 Å². The van der Waals surface area contributed by atoms with Gasteiger partial charge >= 0.3 is 0 Å². The Balaban J connectivity index is 2.11. The molecule has 1 atom stereocenters. The average Bonchev–Trinajstić information content (AvgIpc) is 2.90. The van der Waals surface area contributed by atoms with E-state index in [1.54, 1.807) is 0 Å². The van der Waals surface area contributed by atoms with Crippen LogP contribution in [0.25, 0.3) is 0 Å². The van der Waals surface area contributed by atoms with Crippen LogP contribution >= 0.6 is 0 Å². The molecule has 1 heterocycles. The Morgan fingerprint density at radius 1 is 1.50 bits per heavy atom. The lowest BCUT2D eigenvalue weighted by molar-refractivity contribution is -0.130. The number of benzene rings is 1. The van der Waals surface area contributed by atoms with Crippen LogP contribution in [-0.4, -0.2) is 34.4 Å². The van der Waals surface area contributed by atoms with Crippen LogP contribution in [0.1, 0.15) is 18.4 Å². The molecule has 3 N–H and O–H groups in total. The van der Waals surface area contributed by atoms with Crippen molar-refractivity contribution >= 4 is 11.7 Å². The third kappa shape index (κ3) is 2.87. The van der Waals surface area contributed by atoms with Gasteiger partial charge in [0.15, 0.2) is 5.84 Å². The van der Waals surface area contributed by atoms with Crippen LogP contribution in [0.4, 0.5) is 8.78 Å². The normalized spacial score (nSPS) is 19.4. The molecule has 1 fully saturated rings. The molecule has 0 saturated carbocycles. The maximum atomic E-state index is 13.5. The van der Waals surface area contributed by atoms with Crippen molar-refractivity contribution in [2.24, 2.45) is 10.9 Å². The van der Waals surface area contributed by atoms with Gasteiger partial charge in [-0.25, -0.2) is 8.78 Å². The highest BCUT2D eigenvalue weighted by atomic mass is 19.1. The molecule has 7 heteroatoms. The van der Waals surface area contributed by atoms with E-state index in [1.165, 1.54) is 11.0 Å². The lowest BCUT2D eigenvalue weighted by Crippen LogP contribution is -2.44. The predicted octanol–water partition coefficient (Wildman–Crippen LogP) is 1.24. The van der Waals surface area contributed by atoms with E-state index in [4.69, 9.17) is 10.9 Å². The number of rotatable bonds is 3. The largest absolute Gasteiger partial charge is 0.409 e. The number of oxime groups is 1. The summed E-state index contributed by atoms with van der Waals surface area (Å²) in [7, 11) is 0. The standard InChI is InChI=1S/C13H15F2N3O2/c14-9-4-3-8(10(15)7-9)6-12(19)18-5-1-2-11(18)13(16)17-20/h3-4,7,11,20H,1-2,5-6H2,(H2,16,17). The van der Waals surface area contributed by atoms with Crippen molar-refractivity contribution in [3.05, 3.63) is 35.4 Å². The molecule has 1 aromatic carbocycles. The molecule has 0 spiro atoms. The summed E-state index contributed by atoms with van der Waals surface area (Å²) in [6, 6.07) is 2.64. The summed E-state index contributed by atoms with van der Waals surface area (Å²) in [5.74, 6) is -1.80. The molecule has 5 nitrogen and oxygen atoms in total. The monoisotopic (exact) mass is 283 g/mol. The van der Waals surface area contributed by atoms with Gasteiger partial charge in [0.05, 0.1) is 12.5 Å². The zero-order chi connectivity index (χ0) is 14.7. The lowest BCUT2D eigenvalue weighted by Gasteiger charge is -2.23.